The normalized spacial score (nSPS) is 14.1. The van der Waals surface area contributed by atoms with Crippen LogP contribution in [0.15, 0.2) is 41.1 Å². The molecule has 138 valence electrons. The highest BCUT2D eigenvalue weighted by atomic mass is 16.5. The van der Waals surface area contributed by atoms with E-state index in [9.17, 15) is 0 Å². The van der Waals surface area contributed by atoms with Gasteiger partial charge in [-0.2, -0.15) is 0 Å². The molecule has 1 aliphatic rings. The Morgan fingerprint density at radius 1 is 1.19 bits per heavy atom. The Hall–Kier alpha value is -3.13. The molecule has 0 saturated heterocycles. The minimum atomic E-state index is 0.403. The summed E-state index contributed by atoms with van der Waals surface area (Å²) in [7, 11) is 0. The number of furan rings is 1. The molecule has 1 aliphatic carbocycles. The first-order valence-electron chi connectivity index (χ1n) is 9.01. The van der Waals surface area contributed by atoms with Crippen LogP contribution in [-0.2, 0) is 0 Å². The average Bonchev–Trinajstić information content (AvgIpc) is 3.26. The Bertz CT molecular complexity index is 1100. The van der Waals surface area contributed by atoms with Gasteiger partial charge in [0.1, 0.15) is 17.9 Å². The molecular formula is C19H19N5O3. The van der Waals surface area contributed by atoms with Gasteiger partial charge in [-0.05, 0) is 30.9 Å². The fourth-order valence-electron chi connectivity index (χ4n) is 2.93. The summed E-state index contributed by atoms with van der Waals surface area (Å²) in [6, 6.07) is 7.36. The fraction of sp³-hybridized carbons (Fsp3) is 0.316. The van der Waals surface area contributed by atoms with Crippen LogP contribution in [0.3, 0.4) is 0 Å². The molecule has 27 heavy (non-hydrogen) atoms. The van der Waals surface area contributed by atoms with E-state index in [1.165, 1.54) is 12.8 Å². The van der Waals surface area contributed by atoms with Gasteiger partial charge >= 0.3 is 0 Å². The highest BCUT2D eigenvalue weighted by Gasteiger charge is 2.23. The zero-order valence-corrected chi connectivity index (χ0v) is 14.7. The Kier molecular flexibility index (Phi) is 3.90. The average molecular weight is 365 g/mol. The molecule has 0 atom stereocenters. The molecule has 5 rings (SSSR count). The number of pyridine rings is 1. The van der Waals surface area contributed by atoms with Gasteiger partial charge in [-0.25, -0.2) is 14.5 Å². The number of ether oxygens (including phenoxy) is 2. The summed E-state index contributed by atoms with van der Waals surface area (Å²) in [5, 5.41) is 5.32. The molecule has 0 aromatic carbocycles. The summed E-state index contributed by atoms with van der Waals surface area (Å²) >= 11 is 0. The Morgan fingerprint density at radius 2 is 2.11 bits per heavy atom. The summed E-state index contributed by atoms with van der Waals surface area (Å²) in [5.41, 5.74) is 7.64. The van der Waals surface area contributed by atoms with Crippen molar-refractivity contribution in [3.8, 4) is 23.2 Å². The molecule has 1 fully saturated rings. The molecule has 0 bridgehead atoms. The lowest BCUT2D eigenvalue weighted by atomic mass is 10.3. The number of nitrogens with two attached hydrogens (primary N) is 1. The smallest absolute Gasteiger partial charge is 0.231 e. The van der Waals surface area contributed by atoms with Crippen molar-refractivity contribution in [2.24, 2.45) is 11.7 Å². The predicted octanol–water partition coefficient (Wildman–Crippen LogP) is 2.66. The summed E-state index contributed by atoms with van der Waals surface area (Å²) in [6.07, 6.45) is 5.89. The Morgan fingerprint density at radius 3 is 2.96 bits per heavy atom. The van der Waals surface area contributed by atoms with Gasteiger partial charge in [-0.1, -0.05) is 0 Å². The lowest BCUT2D eigenvalue weighted by Gasteiger charge is -2.04. The van der Waals surface area contributed by atoms with Crippen LogP contribution in [0.5, 0.6) is 11.8 Å². The van der Waals surface area contributed by atoms with E-state index in [1.807, 2.05) is 18.2 Å². The number of aromatic nitrogens is 4. The van der Waals surface area contributed by atoms with E-state index in [0.29, 0.717) is 48.8 Å². The molecule has 4 aromatic rings. The first kappa shape index (κ1) is 16.1. The number of hydrogen-bond donors (Lipinski definition) is 1. The van der Waals surface area contributed by atoms with Crippen LogP contribution in [0.1, 0.15) is 12.8 Å². The molecule has 1 saturated carbocycles. The van der Waals surface area contributed by atoms with E-state index in [4.69, 9.17) is 19.6 Å². The summed E-state index contributed by atoms with van der Waals surface area (Å²) in [5.74, 6) is 2.38. The summed E-state index contributed by atoms with van der Waals surface area (Å²) in [6.45, 7) is 1.53. The van der Waals surface area contributed by atoms with Crippen LogP contribution >= 0.6 is 0 Å². The van der Waals surface area contributed by atoms with Crippen molar-refractivity contribution in [1.82, 2.24) is 19.6 Å². The molecule has 0 radical (unpaired) electrons. The van der Waals surface area contributed by atoms with Crippen molar-refractivity contribution in [3.63, 3.8) is 0 Å². The van der Waals surface area contributed by atoms with E-state index < -0.39 is 0 Å². The third-order valence-corrected chi connectivity index (χ3v) is 4.52. The standard InChI is InChI=1S/C19H19N5O3/c20-6-8-25-18-4-3-17-22-10-14(24(17)23-18)16-9-13-15(27-16)5-7-21-19(13)26-11-12-1-2-12/h3-5,7,9-10,12H,1-2,6,8,11,20H2. The minimum Gasteiger partial charge on any atom is -0.477 e. The van der Waals surface area contributed by atoms with E-state index in [0.717, 1.165) is 16.7 Å². The van der Waals surface area contributed by atoms with Crippen LogP contribution < -0.4 is 15.2 Å². The van der Waals surface area contributed by atoms with Gasteiger partial charge in [0, 0.05) is 24.9 Å². The maximum atomic E-state index is 6.02. The van der Waals surface area contributed by atoms with E-state index in [2.05, 4.69) is 15.1 Å². The van der Waals surface area contributed by atoms with Gasteiger partial charge in [-0.3, -0.25) is 0 Å². The van der Waals surface area contributed by atoms with Gasteiger partial charge in [0.25, 0.3) is 0 Å². The third kappa shape index (κ3) is 3.08. The number of hydrogen-bond acceptors (Lipinski definition) is 7. The van der Waals surface area contributed by atoms with Gasteiger partial charge in [-0.15, -0.1) is 5.10 Å². The minimum absolute atomic E-state index is 0.403. The van der Waals surface area contributed by atoms with Gasteiger partial charge < -0.3 is 19.6 Å². The van der Waals surface area contributed by atoms with Crippen LogP contribution in [0.2, 0.25) is 0 Å². The van der Waals surface area contributed by atoms with Crippen molar-refractivity contribution in [1.29, 1.82) is 0 Å². The third-order valence-electron chi connectivity index (χ3n) is 4.52. The van der Waals surface area contributed by atoms with Crippen molar-refractivity contribution >= 4 is 16.6 Å². The quantitative estimate of drug-likeness (QED) is 0.537. The van der Waals surface area contributed by atoms with Crippen LogP contribution in [0, 0.1) is 5.92 Å². The number of rotatable bonds is 7. The second kappa shape index (κ2) is 6.55. The van der Waals surface area contributed by atoms with E-state index >= 15 is 0 Å². The van der Waals surface area contributed by atoms with Crippen LogP contribution in [0.4, 0.5) is 0 Å². The fourth-order valence-corrected chi connectivity index (χ4v) is 2.93. The zero-order chi connectivity index (χ0) is 18.2. The highest BCUT2D eigenvalue weighted by molar-refractivity contribution is 5.86. The number of nitrogens with zero attached hydrogens (tertiary/aromatic N) is 4. The van der Waals surface area contributed by atoms with E-state index in [-0.39, 0.29) is 0 Å². The molecule has 0 unspecified atom stereocenters. The molecule has 0 amide bonds. The first-order chi connectivity index (χ1) is 13.3. The van der Waals surface area contributed by atoms with Crippen molar-refractivity contribution in [2.45, 2.75) is 12.8 Å². The number of fused-ring (bicyclic) bond motifs is 2. The molecule has 4 heterocycles. The van der Waals surface area contributed by atoms with E-state index in [1.54, 1.807) is 23.0 Å². The topological polar surface area (TPSA) is 101 Å². The van der Waals surface area contributed by atoms with Gasteiger partial charge in [0.05, 0.1) is 18.2 Å². The van der Waals surface area contributed by atoms with Crippen LogP contribution in [-0.4, -0.2) is 39.3 Å². The molecule has 4 aromatic heterocycles. The predicted molar refractivity (Wildman–Crippen MR) is 98.8 cm³/mol. The van der Waals surface area contributed by atoms with Gasteiger partial charge in [0.2, 0.25) is 11.8 Å². The Labute approximate surface area is 154 Å². The lowest BCUT2D eigenvalue weighted by Crippen LogP contribution is -2.12. The first-order valence-corrected chi connectivity index (χ1v) is 9.01. The van der Waals surface area contributed by atoms with Crippen molar-refractivity contribution < 1.29 is 13.9 Å². The van der Waals surface area contributed by atoms with Gasteiger partial charge in [0.15, 0.2) is 11.4 Å². The van der Waals surface area contributed by atoms with Crippen molar-refractivity contribution in [2.75, 3.05) is 19.8 Å². The Balaban J connectivity index is 1.53. The molecule has 0 spiro atoms. The van der Waals surface area contributed by atoms with Crippen LogP contribution in [0.25, 0.3) is 28.1 Å². The molecule has 8 nitrogen and oxygen atoms in total. The molecule has 0 aliphatic heterocycles. The second-order valence-electron chi connectivity index (χ2n) is 6.62. The number of imidazole rings is 1. The largest absolute Gasteiger partial charge is 0.477 e. The SMILES string of the molecule is NCCOc1ccc2ncc(-c3cc4c(OCC5CC5)nccc4o3)n2n1. The molecule has 8 heteroatoms. The maximum Gasteiger partial charge on any atom is 0.231 e. The lowest BCUT2D eigenvalue weighted by molar-refractivity contribution is 0.292. The zero-order valence-electron chi connectivity index (χ0n) is 14.7. The maximum absolute atomic E-state index is 6.02. The second-order valence-corrected chi connectivity index (χ2v) is 6.62. The molecule has 2 N–H and O–H groups in total. The summed E-state index contributed by atoms with van der Waals surface area (Å²) < 4.78 is 19.1. The monoisotopic (exact) mass is 365 g/mol. The van der Waals surface area contributed by atoms with Crippen molar-refractivity contribution in [3.05, 3.63) is 36.7 Å². The highest BCUT2D eigenvalue weighted by Crippen LogP contribution is 2.34. The summed E-state index contributed by atoms with van der Waals surface area (Å²) in [4.78, 5) is 8.75. The molecular weight excluding hydrogens is 346 g/mol.